The molecule has 0 radical (unpaired) electrons. The maximum absolute atomic E-state index is 13.4. The van der Waals surface area contributed by atoms with Crippen molar-refractivity contribution in [3.63, 3.8) is 0 Å². The summed E-state index contributed by atoms with van der Waals surface area (Å²) in [5, 5.41) is -0.103. The minimum atomic E-state index is -1.98. The van der Waals surface area contributed by atoms with Crippen LogP contribution in [0.5, 0.6) is 0 Å². The summed E-state index contributed by atoms with van der Waals surface area (Å²) in [6.45, 7) is 2.33. The monoisotopic (exact) mass is 247 g/mol. The Bertz CT molecular complexity index is 415. The van der Waals surface area contributed by atoms with Gasteiger partial charge in [-0.2, -0.15) is 0 Å². The van der Waals surface area contributed by atoms with Gasteiger partial charge in [-0.3, -0.25) is 4.79 Å². The van der Waals surface area contributed by atoms with Gasteiger partial charge in [0.2, 0.25) is 0 Å². The fourth-order valence-corrected chi connectivity index (χ4v) is 1.38. The van der Waals surface area contributed by atoms with E-state index < -0.39 is 17.4 Å². The molecule has 0 bridgehead atoms. The maximum atomic E-state index is 13.4. The SMILES string of the molecule is CN(C(=O)C(C)(C)F)c1ccc(F)c(Cl)c1. The van der Waals surface area contributed by atoms with E-state index in [1.807, 2.05) is 0 Å². The van der Waals surface area contributed by atoms with E-state index in [0.29, 0.717) is 5.69 Å². The average molecular weight is 248 g/mol. The van der Waals surface area contributed by atoms with Crippen LogP contribution >= 0.6 is 11.6 Å². The molecule has 0 spiro atoms. The molecule has 0 fully saturated rings. The van der Waals surface area contributed by atoms with Gasteiger partial charge in [0.1, 0.15) is 5.82 Å². The summed E-state index contributed by atoms with van der Waals surface area (Å²) in [5.74, 6) is -1.29. The van der Waals surface area contributed by atoms with Crippen LogP contribution in [0.4, 0.5) is 14.5 Å². The van der Waals surface area contributed by atoms with Crippen molar-refractivity contribution < 1.29 is 13.6 Å². The van der Waals surface area contributed by atoms with E-state index in [9.17, 15) is 13.6 Å². The number of amides is 1. The van der Waals surface area contributed by atoms with Crippen LogP contribution in [0.25, 0.3) is 0 Å². The van der Waals surface area contributed by atoms with Crippen molar-refractivity contribution in [2.45, 2.75) is 19.5 Å². The van der Waals surface area contributed by atoms with Crippen molar-refractivity contribution in [1.82, 2.24) is 0 Å². The second kappa shape index (κ2) is 4.37. The minimum Gasteiger partial charge on any atom is -0.313 e. The number of hydrogen-bond acceptors (Lipinski definition) is 1. The Labute approximate surface area is 97.8 Å². The summed E-state index contributed by atoms with van der Waals surface area (Å²) in [5.41, 5.74) is -1.63. The molecule has 88 valence electrons. The first-order valence-electron chi connectivity index (χ1n) is 4.65. The van der Waals surface area contributed by atoms with Gasteiger partial charge in [-0.1, -0.05) is 11.6 Å². The van der Waals surface area contributed by atoms with E-state index in [1.165, 1.54) is 19.2 Å². The highest BCUT2D eigenvalue weighted by atomic mass is 35.5. The lowest BCUT2D eigenvalue weighted by atomic mass is 10.1. The zero-order chi connectivity index (χ0) is 12.5. The molecule has 0 aliphatic carbocycles. The molecule has 0 unspecified atom stereocenters. The molecule has 1 aromatic rings. The highest BCUT2D eigenvalue weighted by Crippen LogP contribution is 2.24. The molecule has 0 atom stereocenters. The van der Waals surface area contributed by atoms with Crippen LogP contribution in [0.3, 0.4) is 0 Å². The first kappa shape index (κ1) is 12.9. The van der Waals surface area contributed by atoms with Crippen LogP contribution in [0.15, 0.2) is 18.2 Å². The molecule has 2 nitrogen and oxygen atoms in total. The Kier molecular flexibility index (Phi) is 3.53. The van der Waals surface area contributed by atoms with Gasteiger partial charge in [-0.25, -0.2) is 8.78 Å². The quantitative estimate of drug-likeness (QED) is 0.786. The van der Waals surface area contributed by atoms with Crippen LogP contribution in [0.1, 0.15) is 13.8 Å². The Morgan fingerprint density at radius 1 is 1.44 bits per heavy atom. The zero-order valence-corrected chi connectivity index (χ0v) is 9.98. The number of nitrogens with zero attached hydrogens (tertiary/aromatic N) is 1. The van der Waals surface area contributed by atoms with E-state index in [1.54, 1.807) is 0 Å². The van der Waals surface area contributed by atoms with Gasteiger partial charge >= 0.3 is 0 Å². The van der Waals surface area contributed by atoms with Crippen LogP contribution < -0.4 is 4.90 Å². The molecule has 1 aromatic carbocycles. The van der Waals surface area contributed by atoms with Gasteiger partial charge in [0.15, 0.2) is 5.67 Å². The molecule has 0 heterocycles. The predicted molar refractivity (Wildman–Crippen MR) is 60.0 cm³/mol. The van der Waals surface area contributed by atoms with Crippen LogP contribution in [-0.4, -0.2) is 18.6 Å². The molecule has 0 saturated carbocycles. The van der Waals surface area contributed by atoms with Crippen LogP contribution in [0.2, 0.25) is 5.02 Å². The summed E-state index contributed by atoms with van der Waals surface area (Å²) in [6.07, 6.45) is 0. The molecular weight excluding hydrogens is 236 g/mol. The standard InChI is InChI=1S/C11H12ClF2NO/c1-11(2,14)10(16)15(3)7-4-5-9(13)8(12)6-7/h4-6H,1-3H3. The molecule has 0 saturated heterocycles. The summed E-state index contributed by atoms with van der Waals surface area (Å²) in [4.78, 5) is 12.7. The highest BCUT2D eigenvalue weighted by molar-refractivity contribution is 6.31. The van der Waals surface area contributed by atoms with Gasteiger partial charge < -0.3 is 4.90 Å². The second-order valence-corrected chi connectivity index (χ2v) is 4.34. The van der Waals surface area contributed by atoms with Gasteiger partial charge in [-0.15, -0.1) is 0 Å². The first-order valence-corrected chi connectivity index (χ1v) is 5.03. The van der Waals surface area contributed by atoms with Crippen LogP contribution in [-0.2, 0) is 4.79 Å². The lowest BCUT2D eigenvalue weighted by Gasteiger charge is -2.23. The van der Waals surface area contributed by atoms with Crippen LogP contribution in [0, 0.1) is 5.82 Å². The highest BCUT2D eigenvalue weighted by Gasteiger charge is 2.30. The summed E-state index contributed by atoms with van der Waals surface area (Å²) in [6, 6.07) is 3.78. The Morgan fingerprint density at radius 3 is 2.44 bits per heavy atom. The summed E-state index contributed by atoms with van der Waals surface area (Å²) >= 11 is 5.57. The number of carbonyl (C=O) groups is 1. The molecule has 1 amide bonds. The number of rotatable bonds is 2. The third-order valence-electron chi connectivity index (χ3n) is 2.10. The second-order valence-electron chi connectivity index (χ2n) is 3.94. The van der Waals surface area contributed by atoms with Crippen molar-refractivity contribution in [2.75, 3.05) is 11.9 Å². The molecule has 0 N–H and O–H groups in total. The lowest BCUT2D eigenvalue weighted by Crippen LogP contribution is -2.40. The summed E-state index contributed by atoms with van der Waals surface area (Å²) < 4.78 is 26.3. The van der Waals surface area contributed by atoms with Crippen molar-refractivity contribution >= 4 is 23.2 Å². The first-order chi connectivity index (χ1) is 7.23. The molecule has 16 heavy (non-hydrogen) atoms. The topological polar surface area (TPSA) is 20.3 Å². The Hall–Kier alpha value is -1.16. The van der Waals surface area contributed by atoms with E-state index in [0.717, 1.165) is 24.8 Å². The third kappa shape index (κ3) is 2.70. The third-order valence-corrected chi connectivity index (χ3v) is 2.39. The molecular formula is C11H12ClF2NO. The Morgan fingerprint density at radius 2 is 2.00 bits per heavy atom. The molecule has 1 rings (SSSR count). The maximum Gasteiger partial charge on any atom is 0.263 e. The molecule has 5 heteroatoms. The fourth-order valence-electron chi connectivity index (χ4n) is 1.21. The van der Waals surface area contributed by atoms with Gasteiger partial charge in [0, 0.05) is 12.7 Å². The van der Waals surface area contributed by atoms with E-state index in [4.69, 9.17) is 11.6 Å². The molecule has 0 aliphatic heterocycles. The van der Waals surface area contributed by atoms with Crippen molar-refractivity contribution in [3.05, 3.63) is 29.0 Å². The van der Waals surface area contributed by atoms with E-state index in [2.05, 4.69) is 0 Å². The zero-order valence-electron chi connectivity index (χ0n) is 9.22. The van der Waals surface area contributed by atoms with Gasteiger partial charge in [-0.05, 0) is 32.0 Å². The van der Waals surface area contributed by atoms with E-state index >= 15 is 0 Å². The number of hydrogen-bond donors (Lipinski definition) is 0. The smallest absolute Gasteiger partial charge is 0.263 e. The molecule has 0 aliphatic rings. The predicted octanol–water partition coefficient (Wildman–Crippen LogP) is 3.19. The minimum absolute atomic E-state index is 0.103. The number of anilines is 1. The summed E-state index contributed by atoms with van der Waals surface area (Å²) in [7, 11) is 1.41. The number of halogens is 3. The van der Waals surface area contributed by atoms with Crippen molar-refractivity contribution in [1.29, 1.82) is 0 Å². The normalized spacial score (nSPS) is 11.4. The van der Waals surface area contributed by atoms with Gasteiger partial charge in [0.25, 0.3) is 5.91 Å². The Balaban J connectivity index is 3.01. The number of alkyl halides is 1. The van der Waals surface area contributed by atoms with Crippen molar-refractivity contribution in [3.8, 4) is 0 Å². The van der Waals surface area contributed by atoms with E-state index in [-0.39, 0.29) is 5.02 Å². The van der Waals surface area contributed by atoms with Crippen molar-refractivity contribution in [2.24, 2.45) is 0 Å². The number of benzene rings is 1. The average Bonchev–Trinajstić information content (AvgIpc) is 2.18. The molecule has 0 aromatic heterocycles. The number of carbonyl (C=O) groups excluding carboxylic acids is 1. The van der Waals surface area contributed by atoms with Gasteiger partial charge in [0.05, 0.1) is 5.02 Å². The lowest BCUT2D eigenvalue weighted by molar-refractivity contribution is -0.127. The fraction of sp³-hybridized carbons (Fsp3) is 0.364. The largest absolute Gasteiger partial charge is 0.313 e.